The first-order valence-corrected chi connectivity index (χ1v) is 5.42. The lowest BCUT2D eigenvalue weighted by Gasteiger charge is -2.10. The summed E-state index contributed by atoms with van der Waals surface area (Å²) in [6.07, 6.45) is 0. The Kier molecular flexibility index (Phi) is 3.72. The molecule has 0 fully saturated rings. The summed E-state index contributed by atoms with van der Waals surface area (Å²) in [7, 11) is 0. The van der Waals surface area contributed by atoms with Gasteiger partial charge in [0.25, 0.3) is 5.69 Å². The van der Waals surface area contributed by atoms with Crippen molar-refractivity contribution in [2.75, 3.05) is 0 Å². The fourth-order valence-corrected chi connectivity index (χ4v) is 1.55. The molecule has 2 rings (SSSR count). The van der Waals surface area contributed by atoms with Crippen LogP contribution in [0.25, 0.3) is 0 Å². The average Bonchev–Trinajstić information content (AvgIpc) is 2.39. The molecule has 0 aromatic heterocycles. The molecular formula is C13H10FNO4. The zero-order valence-corrected chi connectivity index (χ0v) is 9.75. The summed E-state index contributed by atoms with van der Waals surface area (Å²) in [5, 5.41) is 19.6. The van der Waals surface area contributed by atoms with Crippen molar-refractivity contribution >= 4 is 5.69 Å². The number of halogens is 1. The molecule has 0 heterocycles. The highest BCUT2D eigenvalue weighted by molar-refractivity contribution is 5.41. The first-order chi connectivity index (χ1) is 9.11. The number of nitro benzene ring substituents is 1. The van der Waals surface area contributed by atoms with E-state index in [1.165, 1.54) is 42.5 Å². The Morgan fingerprint density at radius 3 is 2.47 bits per heavy atom. The predicted molar refractivity (Wildman–Crippen MR) is 65.5 cm³/mol. The lowest BCUT2D eigenvalue weighted by Crippen LogP contribution is -1.95. The second-order valence-electron chi connectivity index (χ2n) is 3.73. The van der Waals surface area contributed by atoms with Crippen molar-refractivity contribution in [1.82, 2.24) is 0 Å². The van der Waals surface area contributed by atoms with Crippen LogP contribution >= 0.6 is 0 Å². The Balaban J connectivity index is 2.26. The molecule has 6 heteroatoms. The molecule has 0 saturated carbocycles. The number of aliphatic hydroxyl groups is 1. The van der Waals surface area contributed by atoms with Crippen LogP contribution in [-0.4, -0.2) is 10.0 Å². The first kappa shape index (κ1) is 13.0. The van der Waals surface area contributed by atoms with Crippen molar-refractivity contribution in [1.29, 1.82) is 0 Å². The van der Waals surface area contributed by atoms with E-state index in [4.69, 9.17) is 9.84 Å². The minimum absolute atomic E-state index is 0.0425. The van der Waals surface area contributed by atoms with Crippen LogP contribution in [0.5, 0.6) is 11.5 Å². The van der Waals surface area contributed by atoms with Gasteiger partial charge in [-0.05, 0) is 24.3 Å². The van der Waals surface area contributed by atoms with Gasteiger partial charge in [0.2, 0.25) is 0 Å². The normalized spacial score (nSPS) is 10.2. The third-order valence-corrected chi connectivity index (χ3v) is 2.51. The van der Waals surface area contributed by atoms with E-state index in [2.05, 4.69) is 0 Å². The summed E-state index contributed by atoms with van der Waals surface area (Å²) in [4.78, 5) is 9.98. The first-order valence-electron chi connectivity index (χ1n) is 5.42. The van der Waals surface area contributed by atoms with Crippen LogP contribution in [0.3, 0.4) is 0 Å². The van der Waals surface area contributed by atoms with E-state index in [9.17, 15) is 14.5 Å². The van der Waals surface area contributed by atoms with Gasteiger partial charge in [-0.15, -0.1) is 0 Å². The van der Waals surface area contributed by atoms with E-state index in [0.717, 1.165) is 0 Å². The lowest BCUT2D eigenvalue weighted by atomic mass is 10.2. The molecule has 0 aliphatic carbocycles. The Bertz CT molecular complexity index is 598. The molecule has 5 nitrogen and oxygen atoms in total. The van der Waals surface area contributed by atoms with E-state index in [1.54, 1.807) is 0 Å². The predicted octanol–water partition coefficient (Wildman–Crippen LogP) is 3.02. The Hall–Kier alpha value is -2.47. The van der Waals surface area contributed by atoms with Gasteiger partial charge in [0.05, 0.1) is 17.1 Å². The molecular weight excluding hydrogens is 253 g/mol. The van der Waals surface area contributed by atoms with E-state index < -0.39 is 17.3 Å². The van der Waals surface area contributed by atoms with Gasteiger partial charge >= 0.3 is 0 Å². The van der Waals surface area contributed by atoms with Crippen molar-refractivity contribution < 1.29 is 19.2 Å². The summed E-state index contributed by atoms with van der Waals surface area (Å²) in [6.45, 7) is -0.491. The third kappa shape index (κ3) is 2.86. The maximum atomic E-state index is 13.4. The van der Waals surface area contributed by atoms with Crippen molar-refractivity contribution in [2.24, 2.45) is 0 Å². The van der Waals surface area contributed by atoms with E-state index in [0.29, 0.717) is 5.75 Å². The van der Waals surface area contributed by atoms with Gasteiger partial charge in [0, 0.05) is 12.1 Å². The van der Waals surface area contributed by atoms with Crippen LogP contribution < -0.4 is 4.74 Å². The van der Waals surface area contributed by atoms with Crippen LogP contribution in [-0.2, 0) is 6.61 Å². The van der Waals surface area contributed by atoms with Gasteiger partial charge in [-0.25, -0.2) is 4.39 Å². The number of hydrogen-bond donors (Lipinski definition) is 1. The minimum Gasteiger partial charge on any atom is -0.457 e. The maximum Gasteiger partial charge on any atom is 0.269 e. The molecule has 2 aromatic rings. The van der Waals surface area contributed by atoms with Crippen LogP contribution in [0.1, 0.15) is 5.56 Å². The molecule has 0 unspecified atom stereocenters. The molecule has 0 atom stereocenters. The monoisotopic (exact) mass is 263 g/mol. The van der Waals surface area contributed by atoms with Crippen LogP contribution in [0.2, 0.25) is 0 Å². The fraction of sp³-hybridized carbons (Fsp3) is 0.0769. The standard InChI is InChI=1S/C13H10FNO4/c14-12-2-1-3-13(11(12)8-16)19-10-6-4-9(5-7-10)15(17)18/h1-7,16H,8H2. The summed E-state index contributed by atoms with van der Waals surface area (Å²) in [5.74, 6) is -0.0656. The smallest absolute Gasteiger partial charge is 0.269 e. The topological polar surface area (TPSA) is 72.6 Å². The molecule has 1 N–H and O–H groups in total. The number of ether oxygens (including phenoxy) is 1. The van der Waals surface area contributed by atoms with Crippen molar-refractivity contribution in [2.45, 2.75) is 6.61 Å². The van der Waals surface area contributed by atoms with Gasteiger partial charge in [-0.1, -0.05) is 6.07 Å². The number of aliphatic hydroxyl groups excluding tert-OH is 1. The van der Waals surface area contributed by atoms with E-state index in [1.807, 2.05) is 0 Å². The van der Waals surface area contributed by atoms with Crippen LogP contribution in [0.4, 0.5) is 10.1 Å². The van der Waals surface area contributed by atoms with Crippen LogP contribution in [0.15, 0.2) is 42.5 Å². The number of nitro groups is 1. The number of benzene rings is 2. The second-order valence-corrected chi connectivity index (χ2v) is 3.73. The van der Waals surface area contributed by atoms with Gasteiger partial charge in [0.15, 0.2) is 0 Å². The highest BCUT2D eigenvalue weighted by Crippen LogP contribution is 2.28. The molecule has 0 spiro atoms. The van der Waals surface area contributed by atoms with Crippen molar-refractivity contribution in [3.8, 4) is 11.5 Å². The second kappa shape index (κ2) is 5.45. The summed E-state index contributed by atoms with van der Waals surface area (Å²) in [6, 6.07) is 9.56. The molecule has 0 saturated heterocycles. The zero-order chi connectivity index (χ0) is 13.8. The van der Waals surface area contributed by atoms with Gasteiger partial charge in [0.1, 0.15) is 17.3 Å². The quantitative estimate of drug-likeness (QED) is 0.679. The summed E-state index contributed by atoms with van der Waals surface area (Å²) in [5.41, 5.74) is -0.0187. The molecule has 0 bridgehead atoms. The summed E-state index contributed by atoms with van der Waals surface area (Å²) >= 11 is 0. The number of nitrogens with zero attached hydrogens (tertiary/aromatic N) is 1. The molecule has 0 amide bonds. The molecule has 2 aromatic carbocycles. The van der Waals surface area contributed by atoms with Gasteiger partial charge < -0.3 is 9.84 Å². The highest BCUT2D eigenvalue weighted by Gasteiger charge is 2.10. The molecule has 98 valence electrons. The highest BCUT2D eigenvalue weighted by atomic mass is 19.1. The van der Waals surface area contributed by atoms with Crippen molar-refractivity contribution in [3.05, 3.63) is 64.0 Å². The lowest BCUT2D eigenvalue weighted by molar-refractivity contribution is -0.384. The average molecular weight is 263 g/mol. The minimum atomic E-state index is -0.568. The Morgan fingerprint density at radius 1 is 1.21 bits per heavy atom. The number of non-ortho nitro benzene ring substituents is 1. The molecule has 0 aliphatic rings. The molecule has 19 heavy (non-hydrogen) atoms. The SMILES string of the molecule is O=[N+]([O-])c1ccc(Oc2cccc(F)c2CO)cc1. The Morgan fingerprint density at radius 2 is 1.89 bits per heavy atom. The third-order valence-electron chi connectivity index (χ3n) is 2.51. The number of hydrogen-bond acceptors (Lipinski definition) is 4. The van der Waals surface area contributed by atoms with Crippen molar-refractivity contribution in [3.63, 3.8) is 0 Å². The van der Waals surface area contributed by atoms with E-state index in [-0.39, 0.29) is 17.0 Å². The Labute approximate surface area is 108 Å². The van der Waals surface area contributed by atoms with Crippen LogP contribution in [0, 0.1) is 15.9 Å². The largest absolute Gasteiger partial charge is 0.457 e. The molecule has 0 aliphatic heterocycles. The maximum absolute atomic E-state index is 13.4. The number of rotatable bonds is 4. The van der Waals surface area contributed by atoms with Gasteiger partial charge in [-0.3, -0.25) is 10.1 Å². The van der Waals surface area contributed by atoms with Gasteiger partial charge in [-0.2, -0.15) is 0 Å². The summed E-state index contributed by atoms with van der Waals surface area (Å²) < 4.78 is 18.8. The molecule has 0 radical (unpaired) electrons. The fourth-order valence-electron chi connectivity index (χ4n) is 1.55. The zero-order valence-electron chi connectivity index (χ0n) is 9.75. The van der Waals surface area contributed by atoms with E-state index >= 15 is 0 Å².